The van der Waals surface area contributed by atoms with E-state index in [2.05, 4.69) is 5.32 Å². The van der Waals surface area contributed by atoms with Crippen molar-refractivity contribution in [3.05, 3.63) is 34.6 Å². The van der Waals surface area contributed by atoms with Gasteiger partial charge in [-0.3, -0.25) is 19.7 Å². The molecule has 1 atom stereocenters. The molecule has 0 bridgehead atoms. The number of carbonyl (C=O) groups excluding carboxylic acids is 3. The predicted molar refractivity (Wildman–Crippen MR) is 74.2 cm³/mol. The maximum atomic E-state index is 13.5. The van der Waals surface area contributed by atoms with Crippen LogP contribution in [0.4, 0.5) is 4.39 Å². The van der Waals surface area contributed by atoms with Gasteiger partial charge in [-0.25, -0.2) is 4.39 Å². The molecule has 2 fully saturated rings. The highest BCUT2D eigenvalue weighted by molar-refractivity contribution is 6.07. The van der Waals surface area contributed by atoms with Crippen LogP contribution in [-0.2, 0) is 16.1 Å². The minimum absolute atomic E-state index is 0.222. The van der Waals surface area contributed by atoms with E-state index in [0.29, 0.717) is 24.1 Å². The average molecular weight is 302 g/mol. The summed E-state index contributed by atoms with van der Waals surface area (Å²) < 4.78 is 13.5. The number of nitrogens with zero attached hydrogens (tertiary/aromatic N) is 1. The summed E-state index contributed by atoms with van der Waals surface area (Å²) in [6.45, 7) is 2.05. The van der Waals surface area contributed by atoms with E-state index in [1.165, 1.54) is 17.0 Å². The third-order valence-electron chi connectivity index (χ3n) is 5.09. The monoisotopic (exact) mass is 302 g/mol. The lowest BCUT2D eigenvalue weighted by Crippen LogP contribution is -2.56. The fourth-order valence-corrected chi connectivity index (χ4v) is 3.54. The van der Waals surface area contributed by atoms with Crippen LogP contribution in [0.2, 0.25) is 0 Å². The van der Waals surface area contributed by atoms with E-state index in [1.807, 2.05) is 0 Å². The average Bonchev–Trinajstić information content (AvgIpc) is 3.15. The van der Waals surface area contributed by atoms with E-state index in [0.717, 1.165) is 18.4 Å². The molecule has 3 aliphatic rings. The van der Waals surface area contributed by atoms with Gasteiger partial charge in [-0.1, -0.05) is 0 Å². The quantitative estimate of drug-likeness (QED) is 0.795. The number of rotatable bonds is 1. The Morgan fingerprint density at radius 1 is 1.27 bits per heavy atom. The lowest BCUT2D eigenvalue weighted by molar-refractivity contribution is -0.141. The van der Waals surface area contributed by atoms with Gasteiger partial charge in [0.05, 0.1) is 5.41 Å². The van der Waals surface area contributed by atoms with Gasteiger partial charge in [-0.2, -0.15) is 0 Å². The van der Waals surface area contributed by atoms with Gasteiger partial charge in [0.1, 0.15) is 11.9 Å². The third-order valence-corrected chi connectivity index (χ3v) is 5.09. The summed E-state index contributed by atoms with van der Waals surface area (Å²) in [4.78, 5) is 38.0. The van der Waals surface area contributed by atoms with Crippen molar-refractivity contribution >= 4 is 17.7 Å². The van der Waals surface area contributed by atoms with Crippen LogP contribution in [-0.4, -0.2) is 28.7 Å². The topological polar surface area (TPSA) is 66.5 Å². The molecule has 0 aromatic heterocycles. The molecule has 1 aliphatic carbocycles. The highest BCUT2D eigenvalue weighted by Gasteiger charge is 2.57. The zero-order chi connectivity index (χ0) is 15.6. The first-order chi connectivity index (χ1) is 10.4. The van der Waals surface area contributed by atoms with Crippen LogP contribution in [0.15, 0.2) is 12.1 Å². The molecule has 1 spiro atoms. The molecule has 4 rings (SSSR count). The second-order valence-corrected chi connectivity index (χ2v) is 6.50. The van der Waals surface area contributed by atoms with Crippen molar-refractivity contribution in [1.29, 1.82) is 0 Å². The number of hydrogen-bond acceptors (Lipinski definition) is 3. The second kappa shape index (κ2) is 4.15. The smallest absolute Gasteiger partial charge is 0.255 e. The van der Waals surface area contributed by atoms with Gasteiger partial charge < -0.3 is 4.90 Å². The third kappa shape index (κ3) is 1.73. The molecule has 2 aliphatic heterocycles. The molecule has 1 aromatic rings. The van der Waals surface area contributed by atoms with Crippen molar-refractivity contribution < 1.29 is 18.8 Å². The van der Waals surface area contributed by atoms with E-state index < -0.39 is 23.2 Å². The highest BCUT2D eigenvalue weighted by atomic mass is 19.1. The fraction of sp³-hybridized carbons (Fsp3) is 0.438. The lowest BCUT2D eigenvalue weighted by atomic mass is 9.90. The molecule has 5 nitrogen and oxygen atoms in total. The molecule has 0 radical (unpaired) electrons. The van der Waals surface area contributed by atoms with E-state index in [4.69, 9.17) is 0 Å². The summed E-state index contributed by atoms with van der Waals surface area (Å²) in [7, 11) is 0. The first-order valence-electron chi connectivity index (χ1n) is 7.37. The lowest BCUT2D eigenvalue weighted by Gasteiger charge is -2.33. The number of halogens is 1. The number of amides is 3. The van der Waals surface area contributed by atoms with Gasteiger partial charge >= 0.3 is 0 Å². The van der Waals surface area contributed by atoms with Crippen molar-refractivity contribution in [1.82, 2.24) is 10.2 Å². The van der Waals surface area contributed by atoms with Gasteiger partial charge in [0.25, 0.3) is 5.91 Å². The maximum absolute atomic E-state index is 13.5. The number of carbonyl (C=O) groups is 3. The van der Waals surface area contributed by atoms with Gasteiger partial charge in [-0.05, 0) is 49.4 Å². The Labute approximate surface area is 126 Å². The number of imide groups is 1. The SMILES string of the molecule is Cc1cc(F)cc2c1CN(C1CC3(CC3)C(=O)NC1=O)C2=O. The number of fused-ring (bicyclic) bond motifs is 1. The largest absolute Gasteiger partial charge is 0.322 e. The Morgan fingerprint density at radius 3 is 2.68 bits per heavy atom. The van der Waals surface area contributed by atoms with Gasteiger partial charge in [-0.15, -0.1) is 0 Å². The van der Waals surface area contributed by atoms with Gasteiger partial charge in [0.2, 0.25) is 11.8 Å². The Bertz CT molecular complexity index is 739. The Kier molecular flexibility index (Phi) is 2.53. The number of nitrogens with one attached hydrogen (secondary N) is 1. The van der Waals surface area contributed by atoms with Crippen LogP contribution in [0.3, 0.4) is 0 Å². The molecule has 1 unspecified atom stereocenters. The molecular formula is C16H15FN2O3. The first kappa shape index (κ1) is 13.4. The fourth-order valence-electron chi connectivity index (χ4n) is 3.54. The van der Waals surface area contributed by atoms with E-state index in [-0.39, 0.29) is 11.8 Å². The molecule has 6 heteroatoms. The van der Waals surface area contributed by atoms with Crippen molar-refractivity contribution in [2.75, 3.05) is 0 Å². The molecule has 3 amide bonds. The molecule has 1 saturated carbocycles. The van der Waals surface area contributed by atoms with E-state index in [1.54, 1.807) is 6.92 Å². The van der Waals surface area contributed by atoms with Crippen LogP contribution in [0.1, 0.15) is 40.7 Å². The molecular weight excluding hydrogens is 287 g/mol. The van der Waals surface area contributed by atoms with Crippen LogP contribution in [0.25, 0.3) is 0 Å². The van der Waals surface area contributed by atoms with Crippen molar-refractivity contribution in [2.24, 2.45) is 5.41 Å². The normalized spacial score (nSPS) is 25.5. The minimum Gasteiger partial charge on any atom is -0.322 e. The summed E-state index contributed by atoms with van der Waals surface area (Å²) in [6.07, 6.45) is 1.88. The summed E-state index contributed by atoms with van der Waals surface area (Å²) in [5.41, 5.74) is 1.32. The zero-order valence-electron chi connectivity index (χ0n) is 12.1. The van der Waals surface area contributed by atoms with Gasteiger partial charge in [0, 0.05) is 12.1 Å². The number of piperidine rings is 1. The first-order valence-corrected chi connectivity index (χ1v) is 7.37. The standard InChI is InChI=1S/C16H15FN2O3/c1-8-4-9(17)5-10-11(8)7-19(14(10)21)12-6-16(2-3-16)15(22)18-13(12)20/h4-5,12H,2-3,6-7H2,1H3,(H,18,20,22). The molecule has 1 N–H and O–H groups in total. The van der Waals surface area contributed by atoms with Crippen molar-refractivity contribution in [3.63, 3.8) is 0 Å². The summed E-state index contributed by atoms with van der Waals surface area (Å²) in [5, 5.41) is 2.39. The van der Waals surface area contributed by atoms with Crippen molar-refractivity contribution in [2.45, 2.75) is 38.8 Å². The van der Waals surface area contributed by atoms with E-state index >= 15 is 0 Å². The molecule has 22 heavy (non-hydrogen) atoms. The van der Waals surface area contributed by atoms with E-state index in [9.17, 15) is 18.8 Å². The number of aryl methyl sites for hydroxylation is 1. The Morgan fingerprint density at radius 2 is 2.00 bits per heavy atom. The minimum atomic E-state index is -0.650. The summed E-state index contributed by atoms with van der Waals surface area (Å²) in [5.74, 6) is -1.43. The Hall–Kier alpha value is -2.24. The molecule has 114 valence electrons. The predicted octanol–water partition coefficient (Wildman–Crippen LogP) is 1.29. The summed E-state index contributed by atoms with van der Waals surface area (Å²) in [6, 6.07) is 1.97. The van der Waals surface area contributed by atoms with Crippen LogP contribution < -0.4 is 5.32 Å². The highest BCUT2D eigenvalue weighted by Crippen LogP contribution is 2.52. The Balaban J connectivity index is 1.68. The van der Waals surface area contributed by atoms with Crippen LogP contribution in [0.5, 0.6) is 0 Å². The van der Waals surface area contributed by atoms with Gasteiger partial charge in [0.15, 0.2) is 0 Å². The second-order valence-electron chi connectivity index (χ2n) is 6.50. The van der Waals surface area contributed by atoms with Crippen LogP contribution in [0, 0.1) is 18.2 Å². The number of hydrogen-bond donors (Lipinski definition) is 1. The van der Waals surface area contributed by atoms with Crippen LogP contribution >= 0.6 is 0 Å². The number of benzene rings is 1. The maximum Gasteiger partial charge on any atom is 0.255 e. The summed E-state index contributed by atoms with van der Waals surface area (Å²) >= 11 is 0. The molecule has 1 saturated heterocycles. The molecule has 2 heterocycles. The van der Waals surface area contributed by atoms with Crippen molar-refractivity contribution in [3.8, 4) is 0 Å². The molecule has 1 aromatic carbocycles. The zero-order valence-corrected chi connectivity index (χ0v) is 12.1.